The summed E-state index contributed by atoms with van der Waals surface area (Å²) in [5.74, 6) is 1.70. The molecule has 7 heteroatoms. The lowest BCUT2D eigenvalue weighted by Gasteiger charge is -2.49. The first-order valence-electron chi connectivity index (χ1n) is 10.2. The van der Waals surface area contributed by atoms with E-state index >= 15 is 0 Å². The second kappa shape index (κ2) is 6.34. The van der Waals surface area contributed by atoms with Gasteiger partial charge in [-0.3, -0.25) is 9.59 Å². The Morgan fingerprint density at radius 2 is 1.97 bits per heavy atom. The molecule has 152 valence electrons. The zero-order valence-electron chi connectivity index (χ0n) is 16.9. The summed E-state index contributed by atoms with van der Waals surface area (Å²) < 4.78 is 7.79. The Bertz CT molecular complexity index is 955. The Balaban J connectivity index is 1.20. The number of fused-ring (bicyclic) bond motifs is 2. The molecule has 1 unspecified atom stereocenters. The molecule has 2 fully saturated rings. The van der Waals surface area contributed by atoms with Gasteiger partial charge in [-0.2, -0.15) is 0 Å². The molecule has 0 radical (unpaired) electrons. The number of amides is 2. The van der Waals surface area contributed by atoms with Crippen LogP contribution in [0.4, 0.5) is 0 Å². The minimum atomic E-state index is -0.206. The first-order chi connectivity index (χ1) is 13.9. The maximum absolute atomic E-state index is 12.6. The molecule has 1 N–H and O–H groups in total. The fraction of sp³-hybridized carbons (Fsp3) is 0.500. The minimum Gasteiger partial charge on any atom is -0.484 e. The van der Waals surface area contributed by atoms with Gasteiger partial charge in [-0.15, -0.1) is 0 Å². The molecule has 29 heavy (non-hydrogen) atoms. The first-order valence-corrected chi connectivity index (χ1v) is 10.2. The summed E-state index contributed by atoms with van der Waals surface area (Å²) in [4.78, 5) is 31.4. The van der Waals surface area contributed by atoms with Crippen molar-refractivity contribution < 1.29 is 14.3 Å². The molecule has 5 rings (SSSR count). The fourth-order valence-electron chi connectivity index (χ4n) is 4.40. The van der Waals surface area contributed by atoms with Crippen molar-refractivity contribution in [2.45, 2.75) is 44.7 Å². The molecule has 0 bridgehead atoms. The molecule has 3 heterocycles. The van der Waals surface area contributed by atoms with Crippen LogP contribution in [0.25, 0.3) is 0 Å². The van der Waals surface area contributed by atoms with Crippen LogP contribution in [0.3, 0.4) is 0 Å². The van der Waals surface area contributed by atoms with Crippen LogP contribution in [-0.2, 0) is 15.1 Å². The zero-order valence-corrected chi connectivity index (χ0v) is 16.9. The van der Waals surface area contributed by atoms with Crippen LogP contribution >= 0.6 is 0 Å². The van der Waals surface area contributed by atoms with Gasteiger partial charge in [0, 0.05) is 37.3 Å². The van der Waals surface area contributed by atoms with Gasteiger partial charge in [0.25, 0.3) is 5.91 Å². The fourth-order valence-corrected chi connectivity index (χ4v) is 4.40. The third-order valence-corrected chi connectivity index (χ3v) is 6.64. The van der Waals surface area contributed by atoms with Crippen molar-refractivity contribution in [2.75, 3.05) is 19.7 Å². The molecule has 1 aromatic heterocycles. The Kier molecular flexibility index (Phi) is 3.98. The number of imidazole rings is 1. The second-order valence-corrected chi connectivity index (χ2v) is 9.02. The summed E-state index contributed by atoms with van der Waals surface area (Å²) in [5, 5.41) is 3.19. The van der Waals surface area contributed by atoms with E-state index in [-0.39, 0.29) is 35.4 Å². The lowest BCUT2D eigenvalue weighted by Crippen LogP contribution is -2.63. The SMILES string of the molecule is Cc1ccc(OCC(=O)N2CC3(CC(NC(=O)C4(C)CC4)c4nccn43)C2)cc1. The van der Waals surface area contributed by atoms with Gasteiger partial charge in [0.05, 0.1) is 11.6 Å². The lowest BCUT2D eigenvalue weighted by atomic mass is 9.86. The minimum absolute atomic E-state index is 0.0177. The summed E-state index contributed by atoms with van der Waals surface area (Å²) in [7, 11) is 0. The maximum atomic E-state index is 12.6. The Labute approximate surface area is 170 Å². The third kappa shape index (κ3) is 3.09. The molecule has 2 aliphatic heterocycles. The molecule has 1 spiro atoms. The van der Waals surface area contributed by atoms with Crippen molar-refractivity contribution in [3.8, 4) is 5.75 Å². The number of carbonyl (C=O) groups excluding carboxylic acids is 2. The number of hydrogen-bond donors (Lipinski definition) is 1. The second-order valence-electron chi connectivity index (χ2n) is 9.02. The van der Waals surface area contributed by atoms with Crippen LogP contribution in [0.5, 0.6) is 5.75 Å². The number of likely N-dealkylation sites (tertiary alicyclic amines) is 1. The van der Waals surface area contributed by atoms with Crippen molar-refractivity contribution >= 4 is 11.8 Å². The first kappa shape index (κ1) is 18.2. The van der Waals surface area contributed by atoms with Crippen LogP contribution in [0.15, 0.2) is 36.7 Å². The van der Waals surface area contributed by atoms with Gasteiger partial charge in [-0.05, 0) is 31.9 Å². The normalized spacial score (nSPS) is 22.7. The summed E-state index contributed by atoms with van der Waals surface area (Å²) in [6.45, 7) is 5.30. The topological polar surface area (TPSA) is 76.5 Å². The molecule has 1 aromatic carbocycles. The van der Waals surface area contributed by atoms with E-state index in [4.69, 9.17) is 4.74 Å². The summed E-state index contributed by atoms with van der Waals surface area (Å²) in [6.07, 6.45) is 6.42. The highest BCUT2D eigenvalue weighted by atomic mass is 16.5. The Morgan fingerprint density at radius 1 is 1.24 bits per heavy atom. The van der Waals surface area contributed by atoms with Crippen molar-refractivity contribution in [1.29, 1.82) is 0 Å². The molecular weight excluding hydrogens is 368 g/mol. The van der Waals surface area contributed by atoms with Crippen molar-refractivity contribution in [3.63, 3.8) is 0 Å². The molecule has 3 aliphatic rings. The van der Waals surface area contributed by atoms with E-state index < -0.39 is 0 Å². The molecular formula is C22H26N4O3. The number of benzene rings is 1. The number of aromatic nitrogens is 2. The summed E-state index contributed by atoms with van der Waals surface area (Å²) >= 11 is 0. The van der Waals surface area contributed by atoms with E-state index in [0.29, 0.717) is 18.8 Å². The number of carbonyl (C=O) groups is 2. The predicted molar refractivity (Wildman–Crippen MR) is 106 cm³/mol. The molecule has 2 aromatic rings. The van der Waals surface area contributed by atoms with Gasteiger partial charge in [-0.25, -0.2) is 4.98 Å². The van der Waals surface area contributed by atoms with Crippen LogP contribution in [0.1, 0.15) is 43.6 Å². The average molecular weight is 394 g/mol. The summed E-state index contributed by atoms with van der Waals surface area (Å²) in [5.41, 5.74) is 0.777. The monoisotopic (exact) mass is 394 g/mol. The van der Waals surface area contributed by atoms with Gasteiger partial charge in [0.1, 0.15) is 11.6 Å². The van der Waals surface area contributed by atoms with Crippen molar-refractivity contribution in [3.05, 3.63) is 48.0 Å². The largest absolute Gasteiger partial charge is 0.484 e. The van der Waals surface area contributed by atoms with Gasteiger partial charge in [-0.1, -0.05) is 24.6 Å². The molecule has 1 atom stereocenters. The number of ether oxygens (including phenoxy) is 1. The number of nitrogens with zero attached hydrogens (tertiary/aromatic N) is 3. The van der Waals surface area contributed by atoms with E-state index in [1.54, 1.807) is 6.20 Å². The van der Waals surface area contributed by atoms with Gasteiger partial charge in [0.15, 0.2) is 6.61 Å². The Hall–Kier alpha value is -2.83. The lowest BCUT2D eigenvalue weighted by molar-refractivity contribution is -0.144. The Morgan fingerprint density at radius 3 is 2.66 bits per heavy atom. The third-order valence-electron chi connectivity index (χ3n) is 6.64. The van der Waals surface area contributed by atoms with Crippen LogP contribution < -0.4 is 10.1 Å². The quantitative estimate of drug-likeness (QED) is 0.843. The van der Waals surface area contributed by atoms with Gasteiger partial charge >= 0.3 is 0 Å². The molecule has 1 saturated heterocycles. The number of hydrogen-bond acceptors (Lipinski definition) is 4. The van der Waals surface area contributed by atoms with Gasteiger partial charge in [0.2, 0.25) is 5.91 Å². The molecule has 1 aliphatic carbocycles. The highest BCUT2D eigenvalue weighted by molar-refractivity contribution is 5.85. The number of aryl methyl sites for hydroxylation is 1. The predicted octanol–water partition coefficient (Wildman–Crippen LogP) is 2.17. The van der Waals surface area contributed by atoms with E-state index in [0.717, 1.165) is 30.7 Å². The number of rotatable bonds is 5. The molecule has 1 saturated carbocycles. The van der Waals surface area contributed by atoms with Crippen molar-refractivity contribution in [1.82, 2.24) is 19.8 Å². The molecule has 7 nitrogen and oxygen atoms in total. The van der Waals surface area contributed by atoms with Crippen LogP contribution in [-0.4, -0.2) is 46.0 Å². The van der Waals surface area contributed by atoms with Crippen LogP contribution in [0.2, 0.25) is 0 Å². The maximum Gasteiger partial charge on any atom is 0.260 e. The molecule has 2 amide bonds. The van der Waals surface area contributed by atoms with E-state index in [9.17, 15) is 9.59 Å². The van der Waals surface area contributed by atoms with E-state index in [1.165, 1.54) is 0 Å². The highest BCUT2D eigenvalue weighted by Gasteiger charge is 2.55. The zero-order chi connectivity index (χ0) is 20.2. The standard InChI is InChI=1S/C22H26N4O3/c1-15-3-5-16(6-4-15)29-12-18(27)25-13-22(14-25)11-17(19-23-9-10-26(19)22)24-20(28)21(2)7-8-21/h3-6,9-10,17H,7-8,11-14H2,1-2H3,(H,24,28). The summed E-state index contributed by atoms with van der Waals surface area (Å²) in [6, 6.07) is 7.60. The average Bonchev–Trinajstić information content (AvgIpc) is 3.13. The van der Waals surface area contributed by atoms with Gasteiger partial charge < -0.3 is 19.5 Å². The van der Waals surface area contributed by atoms with E-state index in [1.807, 2.05) is 49.2 Å². The smallest absolute Gasteiger partial charge is 0.260 e. The number of nitrogens with one attached hydrogen (secondary N) is 1. The van der Waals surface area contributed by atoms with Crippen LogP contribution in [0, 0.1) is 12.3 Å². The highest BCUT2D eigenvalue weighted by Crippen LogP contribution is 2.48. The van der Waals surface area contributed by atoms with Crippen molar-refractivity contribution in [2.24, 2.45) is 5.41 Å². The van der Waals surface area contributed by atoms with E-state index in [2.05, 4.69) is 14.9 Å².